The Kier molecular flexibility index (Phi) is 9.73. The molecule has 0 spiro atoms. The first kappa shape index (κ1) is 27.6. The Morgan fingerprint density at radius 3 is 2.55 bits per heavy atom. The van der Waals surface area contributed by atoms with E-state index in [0.29, 0.717) is 35.2 Å². The largest absolute Gasteiger partial charge is 0.494 e. The highest BCUT2D eigenvalue weighted by Gasteiger charge is 2.32. The van der Waals surface area contributed by atoms with Crippen LogP contribution in [0.1, 0.15) is 51.0 Å². The van der Waals surface area contributed by atoms with E-state index in [0.717, 1.165) is 47.5 Å². The number of benzene rings is 2. The van der Waals surface area contributed by atoms with Crippen molar-refractivity contribution in [2.75, 3.05) is 13.2 Å². The van der Waals surface area contributed by atoms with Gasteiger partial charge in [0.2, 0.25) is 0 Å². The Bertz CT molecular complexity index is 1300. The van der Waals surface area contributed by atoms with Gasteiger partial charge in [-0.15, -0.1) is 0 Å². The van der Waals surface area contributed by atoms with Crippen molar-refractivity contribution in [3.8, 4) is 22.7 Å². The zero-order chi connectivity index (χ0) is 26.9. The lowest BCUT2D eigenvalue weighted by molar-refractivity contribution is -0.137. The van der Waals surface area contributed by atoms with Gasteiger partial charge >= 0.3 is 5.97 Å². The number of ether oxygens (including phenoxy) is 1. The zero-order valence-electron chi connectivity index (χ0n) is 21.3. The fraction of sp³-hybridized carbons (Fsp3) is 0.310. The van der Waals surface area contributed by atoms with Gasteiger partial charge in [-0.1, -0.05) is 61.9 Å². The predicted molar refractivity (Wildman–Crippen MR) is 155 cm³/mol. The topological polar surface area (TPSA) is 84.7 Å². The Labute approximate surface area is 232 Å². The molecule has 4 rings (SSSR count). The number of hydrogen-bond acceptors (Lipinski definition) is 6. The van der Waals surface area contributed by atoms with Gasteiger partial charge in [0.25, 0.3) is 5.91 Å². The van der Waals surface area contributed by atoms with E-state index in [4.69, 9.17) is 27.2 Å². The van der Waals surface area contributed by atoms with Gasteiger partial charge < -0.3 is 9.84 Å². The number of amides is 1. The van der Waals surface area contributed by atoms with E-state index in [1.807, 2.05) is 71.6 Å². The van der Waals surface area contributed by atoms with Gasteiger partial charge in [0.15, 0.2) is 0 Å². The van der Waals surface area contributed by atoms with Crippen LogP contribution in [0.25, 0.3) is 23.0 Å². The maximum Gasteiger partial charge on any atom is 0.303 e. The molecule has 0 aliphatic carbocycles. The summed E-state index contributed by atoms with van der Waals surface area (Å²) in [5, 5.41) is 13.7. The minimum absolute atomic E-state index is 0.128. The van der Waals surface area contributed by atoms with Crippen molar-refractivity contribution in [2.45, 2.75) is 45.4 Å². The third-order valence-electron chi connectivity index (χ3n) is 6.09. The molecule has 7 nitrogen and oxygen atoms in total. The van der Waals surface area contributed by atoms with Crippen molar-refractivity contribution in [3.63, 3.8) is 0 Å². The number of carbonyl (C=O) groups excluding carboxylic acids is 1. The standard InChI is InChI=1S/C29H31N3O4S2/c1-2-3-18-36-24-15-13-21(14-16-24)27-22(20-32(30-27)23-10-6-4-7-11-23)19-25-28(35)31(29(37)38-25)17-9-5-8-12-26(33)34/h4,6-7,10-11,13-16,19-20H,2-3,5,8-9,12,17-18H2,1H3,(H,33,34)/b25-19-. The minimum Gasteiger partial charge on any atom is -0.494 e. The average molecular weight is 550 g/mol. The fourth-order valence-electron chi connectivity index (χ4n) is 4.03. The lowest BCUT2D eigenvalue weighted by Crippen LogP contribution is -2.29. The molecule has 1 aliphatic heterocycles. The number of aromatic nitrogens is 2. The SMILES string of the molecule is CCCCOc1ccc(-c2nn(-c3ccccc3)cc2/C=C2\SC(=S)N(CCCCCC(=O)O)C2=O)cc1. The lowest BCUT2D eigenvalue weighted by Gasteiger charge is -2.13. The van der Waals surface area contributed by atoms with E-state index in [1.54, 1.807) is 4.90 Å². The second kappa shape index (κ2) is 13.4. The Balaban J connectivity index is 1.57. The quantitative estimate of drug-likeness (QED) is 0.147. The van der Waals surface area contributed by atoms with Gasteiger partial charge in [0.1, 0.15) is 10.1 Å². The molecule has 9 heteroatoms. The molecular formula is C29H31N3O4S2. The second-order valence-electron chi connectivity index (χ2n) is 8.98. The summed E-state index contributed by atoms with van der Waals surface area (Å²) in [5.41, 5.74) is 3.41. The Hall–Kier alpha value is -3.43. The average Bonchev–Trinajstić information content (AvgIpc) is 3.45. The van der Waals surface area contributed by atoms with E-state index >= 15 is 0 Å². The third-order valence-corrected chi connectivity index (χ3v) is 7.47. The molecule has 2 heterocycles. The fourth-order valence-corrected chi connectivity index (χ4v) is 5.33. The van der Waals surface area contributed by atoms with Gasteiger partial charge in [-0.2, -0.15) is 5.10 Å². The summed E-state index contributed by atoms with van der Waals surface area (Å²) in [6.07, 6.45) is 8.03. The number of carboxylic acids is 1. The maximum atomic E-state index is 13.2. The first-order valence-electron chi connectivity index (χ1n) is 12.8. The Morgan fingerprint density at radius 1 is 1.08 bits per heavy atom. The summed E-state index contributed by atoms with van der Waals surface area (Å²) in [5.74, 6) is -0.115. The van der Waals surface area contributed by atoms with Crippen molar-refractivity contribution in [3.05, 3.63) is 71.3 Å². The predicted octanol–water partition coefficient (Wildman–Crippen LogP) is 6.56. The van der Waals surface area contributed by atoms with Gasteiger partial charge in [0, 0.05) is 30.3 Å². The number of unbranched alkanes of at least 4 members (excludes halogenated alkanes) is 3. The number of thioether (sulfide) groups is 1. The van der Waals surface area contributed by atoms with Crippen LogP contribution in [0.2, 0.25) is 0 Å². The number of carboxylic acid groups (broad SMARTS) is 1. The molecular weight excluding hydrogens is 518 g/mol. The first-order valence-corrected chi connectivity index (χ1v) is 14.0. The van der Waals surface area contributed by atoms with E-state index < -0.39 is 5.97 Å². The molecule has 0 bridgehead atoms. The molecule has 0 atom stereocenters. The molecule has 0 saturated carbocycles. The zero-order valence-corrected chi connectivity index (χ0v) is 23.0. The molecule has 3 aromatic rings. The summed E-state index contributed by atoms with van der Waals surface area (Å²) in [7, 11) is 0. The molecule has 1 aliphatic rings. The van der Waals surface area contributed by atoms with Crippen molar-refractivity contribution in [2.24, 2.45) is 0 Å². The number of para-hydroxylation sites is 1. The summed E-state index contributed by atoms with van der Waals surface area (Å²) < 4.78 is 8.15. The van der Waals surface area contributed by atoms with Crippen LogP contribution in [-0.2, 0) is 9.59 Å². The molecule has 1 saturated heterocycles. The van der Waals surface area contributed by atoms with Crippen LogP contribution >= 0.6 is 24.0 Å². The van der Waals surface area contributed by atoms with Gasteiger partial charge in [0.05, 0.1) is 22.9 Å². The van der Waals surface area contributed by atoms with Crippen molar-refractivity contribution >= 4 is 46.3 Å². The smallest absolute Gasteiger partial charge is 0.303 e. The molecule has 1 aromatic heterocycles. The van der Waals surface area contributed by atoms with Crippen LogP contribution < -0.4 is 4.74 Å². The summed E-state index contributed by atoms with van der Waals surface area (Å²) in [6.45, 7) is 3.30. The highest BCUT2D eigenvalue weighted by Crippen LogP contribution is 2.35. The van der Waals surface area contributed by atoms with Crippen LogP contribution in [0.4, 0.5) is 0 Å². The van der Waals surface area contributed by atoms with E-state index in [9.17, 15) is 9.59 Å². The van der Waals surface area contributed by atoms with Gasteiger partial charge in [-0.25, -0.2) is 4.68 Å². The molecule has 1 N–H and O–H groups in total. The molecule has 0 radical (unpaired) electrons. The number of thiocarbonyl (C=S) groups is 1. The van der Waals surface area contributed by atoms with Crippen LogP contribution in [0, 0.1) is 0 Å². The minimum atomic E-state index is -0.802. The Morgan fingerprint density at radius 2 is 1.84 bits per heavy atom. The summed E-state index contributed by atoms with van der Waals surface area (Å²) >= 11 is 6.78. The number of aliphatic carboxylic acids is 1. The normalized spacial score (nSPS) is 14.4. The van der Waals surface area contributed by atoms with Gasteiger partial charge in [-0.05, 0) is 61.7 Å². The maximum absolute atomic E-state index is 13.2. The third kappa shape index (κ3) is 7.11. The number of rotatable bonds is 13. The first-order chi connectivity index (χ1) is 18.5. The monoisotopic (exact) mass is 549 g/mol. The second-order valence-corrected chi connectivity index (χ2v) is 10.7. The lowest BCUT2D eigenvalue weighted by atomic mass is 10.1. The molecule has 1 amide bonds. The summed E-state index contributed by atoms with van der Waals surface area (Å²) in [4.78, 5) is 26.1. The summed E-state index contributed by atoms with van der Waals surface area (Å²) in [6, 6.07) is 17.7. The number of nitrogens with zero attached hydrogens (tertiary/aromatic N) is 3. The van der Waals surface area contributed by atoms with Crippen molar-refractivity contribution in [1.29, 1.82) is 0 Å². The molecule has 2 aromatic carbocycles. The van der Waals surface area contributed by atoms with E-state index in [2.05, 4.69) is 6.92 Å². The van der Waals surface area contributed by atoms with Gasteiger partial charge in [-0.3, -0.25) is 14.5 Å². The molecule has 1 fully saturated rings. The molecule has 38 heavy (non-hydrogen) atoms. The van der Waals surface area contributed by atoms with E-state index in [-0.39, 0.29) is 12.3 Å². The molecule has 0 unspecified atom stereocenters. The number of hydrogen-bond donors (Lipinski definition) is 1. The molecule has 198 valence electrons. The van der Waals surface area contributed by atoms with Crippen LogP contribution in [-0.4, -0.2) is 49.1 Å². The van der Waals surface area contributed by atoms with Crippen LogP contribution in [0.15, 0.2) is 65.7 Å². The highest BCUT2D eigenvalue weighted by atomic mass is 32.2. The highest BCUT2D eigenvalue weighted by molar-refractivity contribution is 8.26. The van der Waals surface area contributed by atoms with Crippen molar-refractivity contribution in [1.82, 2.24) is 14.7 Å². The number of carbonyl (C=O) groups is 2. The van der Waals surface area contributed by atoms with Crippen LogP contribution in [0.3, 0.4) is 0 Å². The van der Waals surface area contributed by atoms with Crippen molar-refractivity contribution < 1.29 is 19.4 Å². The van der Waals surface area contributed by atoms with E-state index in [1.165, 1.54) is 11.8 Å². The van der Waals surface area contributed by atoms with Crippen LogP contribution in [0.5, 0.6) is 5.75 Å².